The average Bonchev–Trinajstić information content (AvgIpc) is 2.19. The van der Waals surface area contributed by atoms with Gasteiger partial charge in [0.05, 0.1) is 11.1 Å². The van der Waals surface area contributed by atoms with E-state index in [1.807, 2.05) is 13.0 Å². The van der Waals surface area contributed by atoms with Gasteiger partial charge in [0.25, 0.3) is 0 Å². The number of rotatable bonds is 4. The third-order valence-electron chi connectivity index (χ3n) is 2.43. The second-order valence-electron chi connectivity index (χ2n) is 4.49. The molecule has 0 aliphatic carbocycles. The fraction of sp³-hybridized carbons (Fsp3) is 0.455. The molecule has 0 atom stereocenters. The van der Waals surface area contributed by atoms with Crippen molar-refractivity contribution in [2.45, 2.75) is 20.8 Å². The maximum absolute atomic E-state index is 11.1. The smallest absolute Gasteiger partial charge is 0.224 e. The van der Waals surface area contributed by atoms with E-state index >= 15 is 0 Å². The van der Waals surface area contributed by atoms with Gasteiger partial charge >= 0.3 is 0 Å². The number of pyridine rings is 1. The minimum atomic E-state index is -0.627. The normalized spacial score (nSPS) is 11.2. The Morgan fingerprint density at radius 1 is 1.50 bits per heavy atom. The minimum Gasteiger partial charge on any atom is -0.396 e. The summed E-state index contributed by atoms with van der Waals surface area (Å²) < 4.78 is 0. The minimum absolute atomic E-state index is 0.355. The van der Waals surface area contributed by atoms with E-state index in [4.69, 9.17) is 11.5 Å². The molecule has 0 spiro atoms. The van der Waals surface area contributed by atoms with E-state index in [2.05, 4.69) is 10.3 Å². The lowest BCUT2D eigenvalue weighted by Crippen LogP contribution is -2.37. The molecular weight excluding hydrogens is 204 g/mol. The summed E-state index contributed by atoms with van der Waals surface area (Å²) in [6.07, 6.45) is 0. The van der Waals surface area contributed by atoms with Gasteiger partial charge in [0, 0.05) is 12.2 Å². The number of hydrogen-bond acceptors (Lipinski definition) is 4. The largest absolute Gasteiger partial charge is 0.396 e. The van der Waals surface area contributed by atoms with E-state index in [-0.39, 0.29) is 5.91 Å². The van der Waals surface area contributed by atoms with Gasteiger partial charge in [-0.3, -0.25) is 4.79 Å². The van der Waals surface area contributed by atoms with E-state index in [1.165, 1.54) is 0 Å². The molecule has 1 aromatic heterocycles. The molecular formula is C11H18N4O. The van der Waals surface area contributed by atoms with Gasteiger partial charge in [-0.05, 0) is 32.9 Å². The van der Waals surface area contributed by atoms with Crippen molar-refractivity contribution in [3.8, 4) is 0 Å². The highest BCUT2D eigenvalue weighted by Gasteiger charge is 2.24. The third-order valence-corrected chi connectivity index (χ3v) is 2.43. The van der Waals surface area contributed by atoms with Gasteiger partial charge in [-0.15, -0.1) is 0 Å². The first-order chi connectivity index (χ1) is 7.33. The highest BCUT2D eigenvalue weighted by Crippen LogP contribution is 2.19. The number of anilines is 2. The first-order valence-electron chi connectivity index (χ1n) is 5.10. The number of nitrogen functional groups attached to an aromatic ring is 1. The molecule has 0 unspecified atom stereocenters. The molecule has 0 aliphatic rings. The maximum Gasteiger partial charge on any atom is 0.224 e. The van der Waals surface area contributed by atoms with Crippen molar-refractivity contribution in [1.29, 1.82) is 0 Å². The van der Waals surface area contributed by atoms with Gasteiger partial charge in [0.1, 0.15) is 5.82 Å². The Labute approximate surface area is 95.2 Å². The summed E-state index contributed by atoms with van der Waals surface area (Å²) in [5, 5.41) is 3.04. The van der Waals surface area contributed by atoms with Gasteiger partial charge in [-0.1, -0.05) is 0 Å². The molecule has 0 saturated heterocycles. The number of nitrogens with one attached hydrogen (secondary N) is 1. The predicted molar refractivity (Wildman–Crippen MR) is 64.9 cm³/mol. The summed E-state index contributed by atoms with van der Waals surface area (Å²) in [5.74, 6) is 0.237. The van der Waals surface area contributed by atoms with Crippen LogP contribution in [0, 0.1) is 12.3 Å². The Morgan fingerprint density at radius 3 is 2.69 bits per heavy atom. The van der Waals surface area contributed by atoms with E-state index in [0.717, 1.165) is 5.69 Å². The number of aryl methyl sites for hydroxylation is 1. The lowest BCUT2D eigenvalue weighted by molar-refractivity contribution is -0.125. The van der Waals surface area contributed by atoms with Gasteiger partial charge in [0.15, 0.2) is 0 Å². The standard InChI is InChI=1S/C11H18N4O/c1-7-4-5-8(12)9(15-7)14-6-11(2,3)10(13)16/h4-5H,6,12H2,1-3H3,(H2,13,16)(H,14,15). The molecule has 1 heterocycles. The molecule has 0 aliphatic heterocycles. The Morgan fingerprint density at radius 2 is 2.12 bits per heavy atom. The van der Waals surface area contributed by atoms with Crippen LogP contribution in [0.15, 0.2) is 12.1 Å². The maximum atomic E-state index is 11.1. The van der Waals surface area contributed by atoms with Crippen LogP contribution in [0.3, 0.4) is 0 Å². The van der Waals surface area contributed by atoms with Crippen LogP contribution in [0.1, 0.15) is 19.5 Å². The zero-order valence-electron chi connectivity index (χ0n) is 9.87. The summed E-state index contributed by atoms with van der Waals surface area (Å²) in [5.41, 5.74) is 11.8. The number of nitrogens with two attached hydrogens (primary N) is 2. The number of hydrogen-bond donors (Lipinski definition) is 3. The number of carbonyl (C=O) groups excluding carboxylic acids is 1. The Kier molecular flexibility index (Phi) is 3.37. The summed E-state index contributed by atoms with van der Waals surface area (Å²) in [6, 6.07) is 3.61. The van der Waals surface area contributed by atoms with Crippen molar-refractivity contribution in [3.63, 3.8) is 0 Å². The quantitative estimate of drug-likeness (QED) is 0.705. The monoisotopic (exact) mass is 222 g/mol. The Balaban J connectivity index is 2.75. The van der Waals surface area contributed by atoms with Gasteiger partial charge in [-0.25, -0.2) is 4.98 Å². The van der Waals surface area contributed by atoms with E-state index in [1.54, 1.807) is 19.9 Å². The van der Waals surface area contributed by atoms with Crippen molar-refractivity contribution >= 4 is 17.4 Å². The van der Waals surface area contributed by atoms with Gasteiger partial charge in [-0.2, -0.15) is 0 Å². The molecule has 0 radical (unpaired) electrons. The Bertz CT molecular complexity index is 401. The van der Waals surface area contributed by atoms with Crippen LogP contribution in [0.5, 0.6) is 0 Å². The van der Waals surface area contributed by atoms with Crippen LogP contribution in [0.4, 0.5) is 11.5 Å². The molecule has 1 amide bonds. The second-order valence-corrected chi connectivity index (χ2v) is 4.49. The molecule has 1 rings (SSSR count). The van der Waals surface area contributed by atoms with E-state index in [9.17, 15) is 4.79 Å². The number of carbonyl (C=O) groups is 1. The molecule has 0 aromatic carbocycles. The van der Waals surface area contributed by atoms with Crippen LogP contribution in [-0.4, -0.2) is 17.4 Å². The molecule has 16 heavy (non-hydrogen) atoms. The van der Waals surface area contributed by atoms with Crippen molar-refractivity contribution in [1.82, 2.24) is 4.98 Å². The zero-order chi connectivity index (χ0) is 12.3. The number of amides is 1. The van der Waals surface area contributed by atoms with Crippen LogP contribution in [0.2, 0.25) is 0 Å². The summed E-state index contributed by atoms with van der Waals surface area (Å²) in [7, 11) is 0. The van der Waals surface area contributed by atoms with Crippen LogP contribution in [0.25, 0.3) is 0 Å². The highest BCUT2D eigenvalue weighted by molar-refractivity contribution is 5.80. The SMILES string of the molecule is Cc1ccc(N)c(NCC(C)(C)C(N)=O)n1. The molecule has 0 fully saturated rings. The van der Waals surface area contributed by atoms with Crippen LogP contribution in [-0.2, 0) is 4.79 Å². The lowest BCUT2D eigenvalue weighted by atomic mass is 9.93. The van der Waals surface area contributed by atoms with Gasteiger partial charge < -0.3 is 16.8 Å². The number of primary amides is 1. The molecule has 1 aromatic rings. The molecule has 5 N–H and O–H groups in total. The summed E-state index contributed by atoms with van der Waals surface area (Å²) in [6.45, 7) is 5.83. The lowest BCUT2D eigenvalue weighted by Gasteiger charge is -2.21. The summed E-state index contributed by atoms with van der Waals surface area (Å²) in [4.78, 5) is 15.4. The van der Waals surface area contributed by atoms with Crippen LogP contribution >= 0.6 is 0 Å². The number of nitrogens with zero attached hydrogens (tertiary/aromatic N) is 1. The molecule has 5 heteroatoms. The second kappa shape index (κ2) is 4.38. The fourth-order valence-electron chi connectivity index (χ4n) is 1.10. The van der Waals surface area contributed by atoms with Crippen molar-refractivity contribution in [2.24, 2.45) is 11.1 Å². The Hall–Kier alpha value is -1.78. The zero-order valence-corrected chi connectivity index (χ0v) is 9.87. The van der Waals surface area contributed by atoms with Crippen LogP contribution < -0.4 is 16.8 Å². The van der Waals surface area contributed by atoms with Crippen molar-refractivity contribution in [2.75, 3.05) is 17.6 Å². The van der Waals surface area contributed by atoms with Gasteiger partial charge in [0.2, 0.25) is 5.91 Å². The highest BCUT2D eigenvalue weighted by atomic mass is 16.1. The van der Waals surface area contributed by atoms with Crippen molar-refractivity contribution in [3.05, 3.63) is 17.8 Å². The number of aromatic nitrogens is 1. The predicted octanol–water partition coefficient (Wildman–Crippen LogP) is 0.896. The molecule has 5 nitrogen and oxygen atoms in total. The first kappa shape index (κ1) is 12.3. The molecule has 0 saturated carbocycles. The molecule has 88 valence electrons. The third kappa shape index (κ3) is 2.85. The van der Waals surface area contributed by atoms with E-state index < -0.39 is 5.41 Å². The van der Waals surface area contributed by atoms with Crippen molar-refractivity contribution < 1.29 is 4.79 Å². The first-order valence-corrected chi connectivity index (χ1v) is 5.10. The van der Waals surface area contributed by atoms with E-state index in [0.29, 0.717) is 18.1 Å². The topological polar surface area (TPSA) is 94.0 Å². The fourth-order valence-corrected chi connectivity index (χ4v) is 1.10. The summed E-state index contributed by atoms with van der Waals surface area (Å²) >= 11 is 0. The average molecular weight is 222 g/mol. The molecule has 0 bridgehead atoms.